The Kier molecular flexibility index (Phi) is 6.06. The second-order valence-corrected chi connectivity index (χ2v) is 6.03. The van der Waals surface area contributed by atoms with Crippen LogP contribution in [0.3, 0.4) is 0 Å². The van der Waals surface area contributed by atoms with E-state index in [9.17, 15) is 4.79 Å². The Morgan fingerprint density at radius 3 is 3.00 bits per heavy atom. The van der Waals surface area contributed by atoms with Gasteiger partial charge in [0.25, 0.3) is 5.56 Å². The molecule has 0 spiro atoms. The quantitative estimate of drug-likeness (QED) is 0.820. The number of nitrogens with zero attached hydrogens (tertiary/aromatic N) is 3. The van der Waals surface area contributed by atoms with Gasteiger partial charge in [-0.05, 0) is 39.7 Å². The standard InChI is InChI=1S/C15H25ClN4O/c1-3-20-15(21)14(16)13(11-18-20)17-8-6-10-19-9-5-4-7-12(19)2/h11-12,17H,3-10H2,1-2H3. The van der Waals surface area contributed by atoms with Crippen molar-refractivity contribution >= 4 is 17.3 Å². The summed E-state index contributed by atoms with van der Waals surface area (Å²) in [5.41, 5.74) is 0.409. The van der Waals surface area contributed by atoms with Crippen molar-refractivity contribution in [1.29, 1.82) is 0 Å². The minimum Gasteiger partial charge on any atom is -0.382 e. The fourth-order valence-corrected chi connectivity index (χ4v) is 3.02. The molecule has 0 aromatic carbocycles. The molecule has 118 valence electrons. The van der Waals surface area contributed by atoms with Gasteiger partial charge in [0.05, 0.1) is 11.9 Å². The van der Waals surface area contributed by atoms with E-state index in [-0.39, 0.29) is 10.6 Å². The average molecular weight is 313 g/mol. The number of nitrogens with one attached hydrogen (secondary N) is 1. The normalized spacial score (nSPS) is 19.7. The maximum atomic E-state index is 11.9. The lowest BCUT2D eigenvalue weighted by molar-refractivity contribution is 0.160. The summed E-state index contributed by atoms with van der Waals surface area (Å²) in [5, 5.41) is 7.54. The molecule has 1 unspecified atom stereocenters. The van der Waals surface area contributed by atoms with E-state index in [1.165, 1.54) is 30.5 Å². The lowest BCUT2D eigenvalue weighted by atomic mass is 10.0. The number of rotatable bonds is 6. The Labute approximate surface area is 131 Å². The highest BCUT2D eigenvalue weighted by Crippen LogP contribution is 2.17. The van der Waals surface area contributed by atoms with Crippen LogP contribution in [0.25, 0.3) is 0 Å². The predicted octanol–water partition coefficient (Wildman–Crippen LogP) is 2.59. The summed E-state index contributed by atoms with van der Waals surface area (Å²) in [6.45, 7) is 7.81. The third kappa shape index (κ3) is 4.20. The molecule has 1 saturated heterocycles. The highest BCUT2D eigenvalue weighted by atomic mass is 35.5. The molecule has 1 N–H and O–H groups in total. The summed E-state index contributed by atoms with van der Waals surface area (Å²) in [6, 6.07) is 0.692. The van der Waals surface area contributed by atoms with Crippen molar-refractivity contribution in [3.05, 3.63) is 21.6 Å². The van der Waals surface area contributed by atoms with Gasteiger partial charge >= 0.3 is 0 Å². The van der Waals surface area contributed by atoms with Crippen LogP contribution in [0.2, 0.25) is 5.02 Å². The number of hydrogen-bond acceptors (Lipinski definition) is 4. The number of halogens is 1. The first-order chi connectivity index (χ1) is 10.1. The van der Waals surface area contributed by atoms with E-state index in [0.717, 1.165) is 19.5 Å². The maximum absolute atomic E-state index is 11.9. The largest absolute Gasteiger partial charge is 0.382 e. The van der Waals surface area contributed by atoms with Crippen molar-refractivity contribution < 1.29 is 0 Å². The molecule has 5 nitrogen and oxygen atoms in total. The van der Waals surface area contributed by atoms with Crippen LogP contribution in [0.4, 0.5) is 5.69 Å². The van der Waals surface area contributed by atoms with Crippen molar-refractivity contribution in [2.45, 2.75) is 52.1 Å². The van der Waals surface area contributed by atoms with E-state index < -0.39 is 0 Å². The zero-order chi connectivity index (χ0) is 15.2. The van der Waals surface area contributed by atoms with Crippen LogP contribution in [-0.2, 0) is 6.54 Å². The van der Waals surface area contributed by atoms with Crippen LogP contribution in [0, 0.1) is 0 Å². The molecule has 1 aliphatic rings. The first kappa shape index (κ1) is 16.3. The molecule has 1 aliphatic heterocycles. The molecule has 21 heavy (non-hydrogen) atoms. The average Bonchev–Trinajstić information content (AvgIpc) is 2.49. The van der Waals surface area contributed by atoms with Crippen LogP contribution in [-0.4, -0.2) is 40.4 Å². The topological polar surface area (TPSA) is 50.2 Å². The Morgan fingerprint density at radius 2 is 2.29 bits per heavy atom. The van der Waals surface area contributed by atoms with Gasteiger partial charge in [-0.15, -0.1) is 0 Å². The monoisotopic (exact) mass is 312 g/mol. The molecule has 1 aromatic rings. The minimum absolute atomic E-state index is 0.228. The van der Waals surface area contributed by atoms with Gasteiger partial charge in [0.1, 0.15) is 5.02 Å². The maximum Gasteiger partial charge on any atom is 0.287 e. The molecule has 0 amide bonds. The van der Waals surface area contributed by atoms with Crippen LogP contribution >= 0.6 is 11.6 Å². The van der Waals surface area contributed by atoms with Crippen LogP contribution in [0.1, 0.15) is 39.5 Å². The van der Waals surface area contributed by atoms with E-state index >= 15 is 0 Å². The number of anilines is 1. The molecule has 2 rings (SSSR count). The number of aryl methyl sites for hydroxylation is 1. The summed E-state index contributed by atoms with van der Waals surface area (Å²) in [5.74, 6) is 0. The number of hydrogen-bond donors (Lipinski definition) is 1. The molecule has 1 aromatic heterocycles. The second kappa shape index (κ2) is 7.80. The lowest BCUT2D eigenvalue weighted by Crippen LogP contribution is -2.38. The van der Waals surface area contributed by atoms with Crippen molar-refractivity contribution in [3.63, 3.8) is 0 Å². The van der Waals surface area contributed by atoms with Gasteiger partial charge in [-0.2, -0.15) is 5.10 Å². The highest BCUT2D eigenvalue weighted by Gasteiger charge is 2.17. The smallest absolute Gasteiger partial charge is 0.287 e. The van der Waals surface area contributed by atoms with Gasteiger partial charge in [-0.3, -0.25) is 4.79 Å². The Balaban J connectivity index is 1.81. The van der Waals surface area contributed by atoms with Crippen molar-refractivity contribution in [2.75, 3.05) is 25.0 Å². The number of likely N-dealkylation sites (tertiary alicyclic amines) is 1. The Morgan fingerprint density at radius 1 is 1.48 bits per heavy atom. The molecule has 0 saturated carbocycles. The molecule has 0 aliphatic carbocycles. The third-order valence-corrected chi connectivity index (χ3v) is 4.53. The third-order valence-electron chi connectivity index (χ3n) is 4.16. The van der Waals surface area contributed by atoms with Gasteiger partial charge in [0.2, 0.25) is 0 Å². The predicted molar refractivity (Wildman–Crippen MR) is 87.2 cm³/mol. The first-order valence-corrected chi connectivity index (χ1v) is 8.24. The molecule has 1 fully saturated rings. The lowest BCUT2D eigenvalue weighted by Gasteiger charge is -2.33. The molecule has 0 bridgehead atoms. The molecule has 2 heterocycles. The van der Waals surface area contributed by atoms with Crippen molar-refractivity contribution in [1.82, 2.24) is 14.7 Å². The van der Waals surface area contributed by atoms with Crippen molar-refractivity contribution in [2.24, 2.45) is 0 Å². The van der Waals surface area contributed by atoms with Crippen molar-refractivity contribution in [3.8, 4) is 0 Å². The van der Waals surface area contributed by atoms with Gasteiger partial charge in [0.15, 0.2) is 0 Å². The fourth-order valence-electron chi connectivity index (χ4n) is 2.81. The zero-order valence-corrected chi connectivity index (χ0v) is 13.7. The molecule has 6 heteroatoms. The first-order valence-electron chi connectivity index (χ1n) is 7.87. The van der Waals surface area contributed by atoms with Crippen LogP contribution in [0.15, 0.2) is 11.0 Å². The fraction of sp³-hybridized carbons (Fsp3) is 0.733. The summed E-state index contributed by atoms with van der Waals surface area (Å²) in [6.07, 6.45) is 6.64. The van der Waals surface area contributed by atoms with Gasteiger partial charge in [0, 0.05) is 25.7 Å². The summed E-state index contributed by atoms with van der Waals surface area (Å²) in [4.78, 5) is 14.4. The Hall–Kier alpha value is -1.07. The van der Waals surface area contributed by atoms with Crippen LogP contribution in [0.5, 0.6) is 0 Å². The number of piperidine rings is 1. The molecule has 0 radical (unpaired) electrons. The van der Waals surface area contributed by atoms with Crippen LogP contribution < -0.4 is 10.9 Å². The van der Waals surface area contributed by atoms with Gasteiger partial charge < -0.3 is 10.2 Å². The van der Waals surface area contributed by atoms with E-state index in [2.05, 4.69) is 22.2 Å². The number of aromatic nitrogens is 2. The van der Waals surface area contributed by atoms with E-state index in [0.29, 0.717) is 18.3 Å². The van der Waals surface area contributed by atoms with Gasteiger partial charge in [-0.1, -0.05) is 18.0 Å². The highest BCUT2D eigenvalue weighted by molar-refractivity contribution is 6.32. The summed E-state index contributed by atoms with van der Waals surface area (Å²) in [7, 11) is 0. The summed E-state index contributed by atoms with van der Waals surface area (Å²) >= 11 is 6.08. The minimum atomic E-state index is -0.228. The summed E-state index contributed by atoms with van der Waals surface area (Å²) < 4.78 is 1.36. The van der Waals surface area contributed by atoms with E-state index in [1.807, 2.05) is 6.92 Å². The SMILES string of the molecule is CCn1ncc(NCCCN2CCCCC2C)c(Cl)c1=O. The van der Waals surface area contributed by atoms with Gasteiger partial charge in [-0.25, -0.2) is 4.68 Å². The molecular formula is C15H25ClN4O. The molecular weight excluding hydrogens is 288 g/mol. The Bertz CT molecular complexity index is 517. The van der Waals surface area contributed by atoms with E-state index in [1.54, 1.807) is 6.20 Å². The van der Waals surface area contributed by atoms with E-state index in [4.69, 9.17) is 11.6 Å². The molecule has 1 atom stereocenters. The second-order valence-electron chi connectivity index (χ2n) is 5.65. The zero-order valence-electron chi connectivity index (χ0n) is 12.9.